The summed E-state index contributed by atoms with van der Waals surface area (Å²) in [6, 6.07) is 12.5. The van der Waals surface area contributed by atoms with Crippen molar-refractivity contribution in [2.75, 3.05) is 59.0 Å². The lowest BCUT2D eigenvalue weighted by molar-refractivity contribution is -0.153. The number of esters is 1. The first kappa shape index (κ1) is 25.2. The van der Waals surface area contributed by atoms with E-state index in [0.29, 0.717) is 36.1 Å². The van der Waals surface area contributed by atoms with Crippen LogP contribution >= 0.6 is 0 Å². The maximum atomic E-state index is 13.2. The van der Waals surface area contributed by atoms with Gasteiger partial charge in [-0.15, -0.1) is 0 Å². The molecule has 0 spiro atoms. The molecule has 36 heavy (non-hydrogen) atoms. The van der Waals surface area contributed by atoms with Gasteiger partial charge in [-0.05, 0) is 48.9 Å². The Labute approximate surface area is 210 Å². The van der Waals surface area contributed by atoms with Gasteiger partial charge in [0.1, 0.15) is 11.8 Å². The van der Waals surface area contributed by atoms with Gasteiger partial charge in [0.2, 0.25) is 11.9 Å². The highest BCUT2D eigenvalue weighted by Gasteiger charge is 2.42. The van der Waals surface area contributed by atoms with E-state index in [4.69, 9.17) is 23.9 Å². The second-order valence-electron chi connectivity index (χ2n) is 8.40. The van der Waals surface area contributed by atoms with E-state index in [-0.39, 0.29) is 6.61 Å². The Balaban J connectivity index is 1.58. The lowest BCUT2D eigenvalue weighted by atomic mass is 9.91. The molecule has 2 aromatic rings. The van der Waals surface area contributed by atoms with Crippen LogP contribution in [0, 0.1) is 5.92 Å². The third-order valence-corrected chi connectivity index (χ3v) is 6.40. The number of amides is 1. The summed E-state index contributed by atoms with van der Waals surface area (Å²) in [6.45, 7) is 4.71. The van der Waals surface area contributed by atoms with Crippen LogP contribution in [0.1, 0.15) is 18.5 Å². The molecule has 4 rings (SSSR count). The van der Waals surface area contributed by atoms with Gasteiger partial charge in [0.15, 0.2) is 17.4 Å². The van der Waals surface area contributed by atoms with Crippen LogP contribution in [-0.2, 0) is 14.3 Å². The van der Waals surface area contributed by atoms with Crippen LogP contribution in [0.2, 0.25) is 0 Å². The fraction of sp³-hybridized carbons (Fsp3) is 0.423. The Morgan fingerprint density at radius 2 is 1.61 bits per heavy atom. The van der Waals surface area contributed by atoms with E-state index in [1.807, 2.05) is 29.2 Å². The smallest absolute Gasteiger partial charge is 0.321 e. The molecule has 2 aliphatic rings. The zero-order valence-electron chi connectivity index (χ0n) is 21.0. The summed E-state index contributed by atoms with van der Waals surface area (Å²) >= 11 is 0. The summed E-state index contributed by atoms with van der Waals surface area (Å²) < 4.78 is 21.2. The Kier molecular flexibility index (Phi) is 7.82. The van der Waals surface area contributed by atoms with Gasteiger partial charge >= 0.3 is 5.97 Å². The molecule has 2 aromatic carbocycles. The minimum Gasteiger partial charge on any atom is -0.497 e. The van der Waals surface area contributed by atoms with Crippen molar-refractivity contribution in [1.29, 1.82) is 0 Å². The molecule has 1 N–H and O–H groups in total. The molecule has 1 saturated heterocycles. The van der Waals surface area contributed by atoms with E-state index in [1.165, 1.54) is 7.11 Å². The summed E-state index contributed by atoms with van der Waals surface area (Å²) in [4.78, 5) is 35.1. The highest BCUT2D eigenvalue weighted by molar-refractivity contribution is 6.08. The fourth-order valence-electron chi connectivity index (χ4n) is 4.47. The van der Waals surface area contributed by atoms with E-state index in [1.54, 1.807) is 39.3 Å². The molecule has 10 heteroatoms. The maximum absolute atomic E-state index is 13.2. The minimum atomic E-state index is -1.10. The Morgan fingerprint density at radius 1 is 0.944 bits per heavy atom. The van der Waals surface area contributed by atoms with Crippen LogP contribution in [0.5, 0.6) is 17.2 Å². The molecular formula is C26H32N4O6. The molecule has 0 saturated carbocycles. The highest BCUT2D eigenvalue weighted by atomic mass is 16.5. The van der Waals surface area contributed by atoms with E-state index < -0.39 is 23.8 Å². The van der Waals surface area contributed by atoms with Crippen molar-refractivity contribution in [2.45, 2.75) is 13.0 Å². The zero-order valence-corrected chi connectivity index (χ0v) is 21.0. The monoisotopic (exact) mass is 496 g/mol. The quantitative estimate of drug-likeness (QED) is 0.460. The standard InChI is InChI=1S/C26H32N4O6/c1-5-36-25(32)22-23(17-6-11-20(34-3)21(16-17)35-4)27-26(28-24(22)31)30-14-12-29(13-15-30)18-7-9-19(33-2)10-8-18/h6-11,16,22-23H,5,12-15H2,1-4H3,(H,27,28,31)/t22-,23+/m0/s1. The first-order valence-corrected chi connectivity index (χ1v) is 11.9. The predicted octanol–water partition coefficient (Wildman–Crippen LogP) is 2.24. The number of guanidine groups is 1. The van der Waals surface area contributed by atoms with Crippen molar-refractivity contribution in [3.8, 4) is 17.2 Å². The number of anilines is 1. The number of ether oxygens (including phenoxy) is 4. The highest BCUT2D eigenvalue weighted by Crippen LogP contribution is 2.36. The SMILES string of the molecule is CCOC(=O)[C@@H]1C(=O)NC(N2CCN(c3ccc(OC)cc3)CC2)=N[C@@H]1c1ccc(OC)c(OC)c1. The molecular weight excluding hydrogens is 464 g/mol. The molecule has 2 heterocycles. The zero-order chi connectivity index (χ0) is 25.7. The Hall–Kier alpha value is -3.95. The molecule has 0 aliphatic carbocycles. The number of carbonyl (C=O) groups excluding carboxylic acids is 2. The van der Waals surface area contributed by atoms with E-state index in [2.05, 4.69) is 10.2 Å². The van der Waals surface area contributed by atoms with Gasteiger partial charge in [0.05, 0.1) is 27.9 Å². The molecule has 10 nitrogen and oxygen atoms in total. The lowest BCUT2D eigenvalue weighted by Gasteiger charge is -2.39. The summed E-state index contributed by atoms with van der Waals surface area (Å²) in [5.41, 5.74) is 1.77. The van der Waals surface area contributed by atoms with Crippen LogP contribution in [-0.4, -0.2) is 76.9 Å². The minimum absolute atomic E-state index is 0.172. The number of methoxy groups -OCH3 is 3. The number of aliphatic imine (C=N–C) groups is 1. The average Bonchev–Trinajstić information content (AvgIpc) is 2.92. The van der Waals surface area contributed by atoms with Gasteiger partial charge in [0, 0.05) is 31.9 Å². The molecule has 0 bridgehead atoms. The van der Waals surface area contributed by atoms with Crippen molar-refractivity contribution >= 4 is 23.5 Å². The molecule has 2 aliphatic heterocycles. The van der Waals surface area contributed by atoms with Crippen LogP contribution in [0.25, 0.3) is 0 Å². The van der Waals surface area contributed by atoms with Crippen molar-refractivity contribution in [3.63, 3.8) is 0 Å². The number of nitrogens with zero attached hydrogens (tertiary/aromatic N) is 3. The number of hydrogen-bond acceptors (Lipinski definition) is 9. The van der Waals surface area contributed by atoms with Crippen LogP contribution in [0.3, 0.4) is 0 Å². The Bertz CT molecular complexity index is 1110. The van der Waals surface area contributed by atoms with Gasteiger partial charge in [-0.1, -0.05) is 6.07 Å². The summed E-state index contributed by atoms with van der Waals surface area (Å²) in [5.74, 6) is 0.162. The summed E-state index contributed by atoms with van der Waals surface area (Å²) in [6.07, 6.45) is 0. The molecule has 0 aromatic heterocycles. The van der Waals surface area contributed by atoms with E-state index in [0.717, 1.165) is 24.5 Å². The molecule has 0 unspecified atom stereocenters. The topological polar surface area (TPSA) is 102 Å². The molecule has 0 radical (unpaired) electrons. The average molecular weight is 497 g/mol. The van der Waals surface area contributed by atoms with Crippen LogP contribution < -0.4 is 24.4 Å². The number of benzene rings is 2. The van der Waals surface area contributed by atoms with Gasteiger partial charge < -0.3 is 28.7 Å². The molecule has 1 fully saturated rings. The largest absolute Gasteiger partial charge is 0.497 e. The van der Waals surface area contributed by atoms with Crippen LogP contribution in [0.4, 0.5) is 5.69 Å². The number of piperazine rings is 1. The van der Waals surface area contributed by atoms with Gasteiger partial charge in [-0.3, -0.25) is 14.9 Å². The molecule has 1 amide bonds. The van der Waals surface area contributed by atoms with Gasteiger partial charge in [-0.25, -0.2) is 4.99 Å². The second kappa shape index (κ2) is 11.2. The summed E-state index contributed by atoms with van der Waals surface area (Å²) in [7, 11) is 4.73. The normalized spacial score (nSPS) is 19.8. The number of nitrogens with one attached hydrogen (secondary N) is 1. The fourth-order valence-corrected chi connectivity index (χ4v) is 4.47. The first-order chi connectivity index (χ1) is 17.5. The lowest BCUT2D eigenvalue weighted by Crippen LogP contribution is -2.57. The predicted molar refractivity (Wildman–Crippen MR) is 135 cm³/mol. The number of hydrogen-bond donors (Lipinski definition) is 1. The Morgan fingerprint density at radius 3 is 2.22 bits per heavy atom. The van der Waals surface area contributed by atoms with Gasteiger partial charge in [-0.2, -0.15) is 0 Å². The molecule has 192 valence electrons. The van der Waals surface area contributed by atoms with Crippen LogP contribution in [0.15, 0.2) is 47.5 Å². The van der Waals surface area contributed by atoms with E-state index in [9.17, 15) is 9.59 Å². The van der Waals surface area contributed by atoms with Crippen molar-refractivity contribution in [1.82, 2.24) is 10.2 Å². The first-order valence-electron chi connectivity index (χ1n) is 11.9. The number of carbonyl (C=O) groups is 2. The number of rotatable bonds is 7. The third-order valence-electron chi connectivity index (χ3n) is 6.40. The van der Waals surface area contributed by atoms with Gasteiger partial charge in [0.25, 0.3) is 0 Å². The second-order valence-corrected chi connectivity index (χ2v) is 8.40. The van der Waals surface area contributed by atoms with Crippen molar-refractivity contribution < 1.29 is 28.5 Å². The summed E-state index contributed by atoms with van der Waals surface area (Å²) in [5, 5.41) is 2.84. The molecule has 2 atom stereocenters. The third kappa shape index (κ3) is 5.17. The van der Waals surface area contributed by atoms with Crippen molar-refractivity contribution in [3.05, 3.63) is 48.0 Å². The van der Waals surface area contributed by atoms with Crippen molar-refractivity contribution in [2.24, 2.45) is 10.9 Å². The maximum Gasteiger partial charge on any atom is 0.321 e. The van der Waals surface area contributed by atoms with E-state index >= 15 is 0 Å².